The molecule has 0 heterocycles. The van der Waals surface area contributed by atoms with Gasteiger partial charge in [0.1, 0.15) is 5.82 Å². The summed E-state index contributed by atoms with van der Waals surface area (Å²) in [6.07, 6.45) is 0.974. The van der Waals surface area contributed by atoms with E-state index in [1.54, 1.807) is 0 Å². The van der Waals surface area contributed by atoms with Crippen LogP contribution in [-0.4, -0.2) is 0 Å². The number of hydrogen-bond donors (Lipinski definition) is 1. The average Bonchev–Trinajstić information content (AvgIpc) is 2.41. The van der Waals surface area contributed by atoms with Gasteiger partial charge in [-0.15, -0.1) is 0 Å². The minimum absolute atomic E-state index is 0.332. The van der Waals surface area contributed by atoms with Gasteiger partial charge < -0.3 is 5.73 Å². The van der Waals surface area contributed by atoms with Gasteiger partial charge in [-0.1, -0.05) is 42.8 Å². The second-order valence-electron chi connectivity index (χ2n) is 4.88. The molecule has 0 aromatic heterocycles. The highest BCUT2D eigenvalue weighted by atomic mass is 35.5. The first-order valence-corrected chi connectivity index (χ1v) is 6.66. The second-order valence-corrected chi connectivity index (χ2v) is 5.28. The largest absolute Gasteiger partial charge is 0.318 e. The van der Waals surface area contributed by atoms with Crippen molar-refractivity contribution in [2.45, 2.75) is 25.8 Å². The van der Waals surface area contributed by atoms with Gasteiger partial charge in [-0.25, -0.2) is 4.39 Å². The average molecular weight is 278 g/mol. The van der Waals surface area contributed by atoms with Gasteiger partial charge >= 0.3 is 0 Å². The molecule has 0 fully saturated rings. The summed E-state index contributed by atoms with van der Waals surface area (Å²) in [6.45, 7) is 3.94. The molecule has 19 heavy (non-hydrogen) atoms. The zero-order valence-electron chi connectivity index (χ0n) is 11.1. The summed E-state index contributed by atoms with van der Waals surface area (Å²) < 4.78 is 13.4. The molecule has 2 rings (SSSR count). The molecule has 2 N–H and O–H groups in total. The summed E-state index contributed by atoms with van der Waals surface area (Å²) >= 11 is 6.14. The fraction of sp³-hybridized carbons (Fsp3) is 0.250. The number of hydrogen-bond acceptors (Lipinski definition) is 1. The Labute approximate surface area is 118 Å². The van der Waals surface area contributed by atoms with Crippen LogP contribution >= 0.6 is 11.6 Å². The lowest BCUT2D eigenvalue weighted by molar-refractivity contribution is 0.581. The highest BCUT2D eigenvalue weighted by Crippen LogP contribution is 2.32. The molecule has 0 aliphatic carbocycles. The molecular formula is C16H17ClFN. The van der Waals surface area contributed by atoms with E-state index in [0.29, 0.717) is 10.6 Å². The minimum atomic E-state index is -0.814. The molecule has 0 saturated heterocycles. The van der Waals surface area contributed by atoms with Crippen LogP contribution in [0.4, 0.5) is 4.39 Å². The number of aryl methyl sites for hydroxylation is 1. The molecule has 100 valence electrons. The fourth-order valence-electron chi connectivity index (χ4n) is 2.14. The Morgan fingerprint density at radius 1 is 1.16 bits per heavy atom. The van der Waals surface area contributed by atoms with E-state index < -0.39 is 5.54 Å². The van der Waals surface area contributed by atoms with Crippen molar-refractivity contribution in [3.8, 4) is 0 Å². The van der Waals surface area contributed by atoms with Gasteiger partial charge in [-0.3, -0.25) is 0 Å². The Hall–Kier alpha value is -1.38. The van der Waals surface area contributed by atoms with Gasteiger partial charge in [0.15, 0.2) is 0 Å². The molecule has 0 bridgehead atoms. The number of halogens is 2. The molecule has 0 spiro atoms. The Bertz CT molecular complexity index is 576. The van der Waals surface area contributed by atoms with Crippen LogP contribution in [0.2, 0.25) is 5.02 Å². The van der Waals surface area contributed by atoms with E-state index >= 15 is 0 Å². The summed E-state index contributed by atoms with van der Waals surface area (Å²) in [5, 5.41) is 0.478. The van der Waals surface area contributed by atoms with Crippen LogP contribution in [0.5, 0.6) is 0 Å². The van der Waals surface area contributed by atoms with E-state index in [1.165, 1.54) is 23.8 Å². The summed E-state index contributed by atoms with van der Waals surface area (Å²) in [7, 11) is 0. The molecule has 0 saturated carbocycles. The molecule has 0 aliphatic heterocycles. The van der Waals surface area contributed by atoms with Crippen molar-refractivity contribution in [3.63, 3.8) is 0 Å². The summed E-state index contributed by atoms with van der Waals surface area (Å²) in [5.74, 6) is -0.332. The van der Waals surface area contributed by atoms with Crippen molar-refractivity contribution in [2.24, 2.45) is 5.73 Å². The van der Waals surface area contributed by atoms with Crippen LogP contribution in [0.3, 0.4) is 0 Å². The summed E-state index contributed by atoms with van der Waals surface area (Å²) in [5.41, 5.74) is 8.31. The maximum absolute atomic E-state index is 13.4. The quantitative estimate of drug-likeness (QED) is 0.891. The van der Waals surface area contributed by atoms with Crippen LogP contribution in [0.15, 0.2) is 42.5 Å². The van der Waals surface area contributed by atoms with Gasteiger partial charge in [0, 0.05) is 5.02 Å². The minimum Gasteiger partial charge on any atom is -0.318 e. The standard InChI is InChI=1S/C16H17ClFN/c1-3-11-4-6-12(7-5-11)16(2,19)14-10-13(18)8-9-15(14)17/h4-10H,3,19H2,1-2H3. The lowest BCUT2D eigenvalue weighted by atomic mass is 9.85. The normalized spacial score (nSPS) is 14.2. The third-order valence-corrected chi connectivity index (χ3v) is 3.78. The van der Waals surface area contributed by atoms with E-state index in [9.17, 15) is 4.39 Å². The smallest absolute Gasteiger partial charge is 0.123 e. The molecule has 1 nitrogen and oxygen atoms in total. The lowest BCUT2D eigenvalue weighted by Crippen LogP contribution is -2.34. The van der Waals surface area contributed by atoms with Crippen LogP contribution in [0, 0.1) is 5.82 Å². The van der Waals surface area contributed by atoms with E-state index in [0.717, 1.165) is 12.0 Å². The van der Waals surface area contributed by atoms with E-state index in [4.69, 9.17) is 17.3 Å². The Morgan fingerprint density at radius 2 is 1.79 bits per heavy atom. The van der Waals surface area contributed by atoms with Gasteiger partial charge in [0.05, 0.1) is 5.54 Å². The maximum Gasteiger partial charge on any atom is 0.123 e. The van der Waals surface area contributed by atoms with Crippen molar-refractivity contribution < 1.29 is 4.39 Å². The van der Waals surface area contributed by atoms with E-state index in [2.05, 4.69) is 6.92 Å². The first-order valence-electron chi connectivity index (χ1n) is 6.29. The van der Waals surface area contributed by atoms with Crippen molar-refractivity contribution in [3.05, 3.63) is 70.0 Å². The third kappa shape index (κ3) is 2.80. The molecular weight excluding hydrogens is 261 g/mol. The predicted molar refractivity (Wildman–Crippen MR) is 77.9 cm³/mol. The molecule has 0 amide bonds. The highest BCUT2D eigenvalue weighted by Gasteiger charge is 2.26. The zero-order valence-corrected chi connectivity index (χ0v) is 11.8. The molecule has 1 unspecified atom stereocenters. The van der Waals surface area contributed by atoms with Gasteiger partial charge in [0.25, 0.3) is 0 Å². The highest BCUT2D eigenvalue weighted by molar-refractivity contribution is 6.31. The Balaban J connectivity index is 2.48. The van der Waals surface area contributed by atoms with Gasteiger partial charge in [0.2, 0.25) is 0 Å². The van der Waals surface area contributed by atoms with Gasteiger partial charge in [-0.2, -0.15) is 0 Å². The topological polar surface area (TPSA) is 26.0 Å². The summed E-state index contributed by atoms with van der Waals surface area (Å²) in [6, 6.07) is 12.3. The van der Waals surface area contributed by atoms with Crippen molar-refractivity contribution in [1.29, 1.82) is 0 Å². The second kappa shape index (κ2) is 5.32. The monoisotopic (exact) mass is 277 g/mol. The molecule has 2 aromatic rings. The Kier molecular flexibility index (Phi) is 3.93. The summed E-state index contributed by atoms with van der Waals surface area (Å²) in [4.78, 5) is 0. The molecule has 3 heteroatoms. The Morgan fingerprint density at radius 3 is 2.37 bits per heavy atom. The van der Waals surface area contributed by atoms with Crippen LogP contribution in [0.25, 0.3) is 0 Å². The van der Waals surface area contributed by atoms with Crippen LogP contribution in [0.1, 0.15) is 30.5 Å². The van der Waals surface area contributed by atoms with Crippen LogP contribution < -0.4 is 5.73 Å². The predicted octanol–water partition coefficient (Wildman–Crippen LogP) is 4.26. The molecule has 0 aliphatic rings. The molecule has 1 atom stereocenters. The number of nitrogens with two attached hydrogens (primary N) is 1. The number of benzene rings is 2. The van der Waals surface area contributed by atoms with E-state index in [1.807, 2.05) is 31.2 Å². The molecule has 2 aromatic carbocycles. The third-order valence-electron chi connectivity index (χ3n) is 3.45. The maximum atomic E-state index is 13.4. The lowest BCUT2D eigenvalue weighted by Gasteiger charge is -2.27. The molecule has 0 radical (unpaired) electrons. The number of rotatable bonds is 3. The SMILES string of the molecule is CCc1ccc(C(C)(N)c2cc(F)ccc2Cl)cc1. The van der Waals surface area contributed by atoms with Gasteiger partial charge in [-0.05, 0) is 48.2 Å². The van der Waals surface area contributed by atoms with Crippen LogP contribution in [-0.2, 0) is 12.0 Å². The first kappa shape index (κ1) is 14.0. The van der Waals surface area contributed by atoms with E-state index in [-0.39, 0.29) is 5.82 Å². The van der Waals surface area contributed by atoms with Crippen molar-refractivity contribution in [1.82, 2.24) is 0 Å². The first-order chi connectivity index (χ1) is 8.95. The zero-order chi connectivity index (χ0) is 14.0. The fourth-order valence-corrected chi connectivity index (χ4v) is 2.45. The van der Waals surface area contributed by atoms with Crippen molar-refractivity contribution in [2.75, 3.05) is 0 Å². The van der Waals surface area contributed by atoms with Crippen molar-refractivity contribution >= 4 is 11.6 Å².